The number of methoxy groups -OCH3 is 1. The first-order valence-corrected chi connectivity index (χ1v) is 3.02. The van der Waals surface area contributed by atoms with E-state index in [1.165, 1.54) is 7.11 Å². The molecule has 0 aromatic heterocycles. The van der Waals surface area contributed by atoms with Crippen LogP contribution in [0, 0.1) is 0 Å². The first-order valence-electron chi connectivity index (χ1n) is 3.02. The van der Waals surface area contributed by atoms with Gasteiger partial charge in [-0.05, 0) is 19.4 Å². The van der Waals surface area contributed by atoms with Gasteiger partial charge in [0.05, 0.1) is 7.11 Å². The van der Waals surface area contributed by atoms with Crippen molar-refractivity contribution in [1.29, 1.82) is 0 Å². The van der Waals surface area contributed by atoms with Gasteiger partial charge in [0, 0.05) is 0 Å². The number of rotatable bonds is 2. The summed E-state index contributed by atoms with van der Waals surface area (Å²) in [5, 5.41) is 9.04. The Morgan fingerprint density at radius 3 is 2.50 bits per heavy atom. The highest BCUT2D eigenvalue weighted by atomic mass is 16.5. The second-order valence-electron chi connectivity index (χ2n) is 1.96. The Balaban J connectivity index is 4.08. The summed E-state index contributed by atoms with van der Waals surface area (Å²) in [7, 11) is 1.24. The molecule has 1 unspecified atom stereocenters. The number of esters is 1. The fourth-order valence-electron chi connectivity index (χ4n) is 0.455. The van der Waals surface area contributed by atoms with E-state index in [0.717, 1.165) is 0 Å². The molecule has 0 aliphatic carbocycles. The molecule has 0 fully saturated rings. The highest BCUT2D eigenvalue weighted by Crippen LogP contribution is 2.01. The van der Waals surface area contributed by atoms with Crippen molar-refractivity contribution in [3.8, 4) is 0 Å². The first-order chi connectivity index (χ1) is 4.63. The minimum atomic E-state index is -1.10. The van der Waals surface area contributed by atoms with Crippen LogP contribution in [0.15, 0.2) is 11.6 Å². The molecule has 0 aliphatic rings. The average Bonchev–Trinajstić information content (AvgIpc) is 2.00. The summed E-state index contributed by atoms with van der Waals surface area (Å²) in [6.45, 7) is 3.42. The number of aliphatic hydroxyl groups excluding tert-OH is 1. The maximum absolute atomic E-state index is 10.6. The summed E-state index contributed by atoms with van der Waals surface area (Å²) in [4.78, 5) is 10.6. The Morgan fingerprint density at radius 2 is 2.20 bits per heavy atom. The average molecular weight is 144 g/mol. The molecule has 0 spiro atoms. The van der Waals surface area contributed by atoms with Gasteiger partial charge in [-0.15, -0.1) is 0 Å². The Bertz CT molecular complexity index is 149. The molecule has 0 radical (unpaired) electrons. The van der Waals surface area contributed by atoms with Crippen LogP contribution in [0.25, 0.3) is 0 Å². The lowest BCUT2D eigenvalue weighted by Gasteiger charge is -2.06. The number of hydrogen-bond donors (Lipinski definition) is 1. The number of carbonyl (C=O) groups excluding carboxylic acids is 1. The molecule has 1 N–H and O–H groups in total. The van der Waals surface area contributed by atoms with Gasteiger partial charge in [-0.3, -0.25) is 0 Å². The van der Waals surface area contributed by atoms with E-state index in [0.29, 0.717) is 5.57 Å². The minimum absolute atomic E-state index is 0.604. The zero-order valence-electron chi connectivity index (χ0n) is 6.42. The molecule has 0 saturated carbocycles. The third-order valence-electron chi connectivity index (χ3n) is 1.31. The minimum Gasteiger partial charge on any atom is -0.467 e. The van der Waals surface area contributed by atoms with Crippen LogP contribution in [0.1, 0.15) is 13.8 Å². The second-order valence-corrected chi connectivity index (χ2v) is 1.96. The fraction of sp³-hybridized carbons (Fsp3) is 0.571. The quantitative estimate of drug-likeness (QED) is 0.453. The standard InChI is InChI=1S/C7H12O3/c1-4-5(2)6(8)7(9)10-3/h4,6,8H,1-3H3/b5-4+. The van der Waals surface area contributed by atoms with Crippen molar-refractivity contribution in [1.82, 2.24) is 0 Å². The Kier molecular flexibility index (Phi) is 3.72. The highest BCUT2D eigenvalue weighted by molar-refractivity contribution is 5.77. The summed E-state index contributed by atoms with van der Waals surface area (Å²) >= 11 is 0. The third kappa shape index (κ3) is 2.19. The molecule has 0 saturated heterocycles. The van der Waals surface area contributed by atoms with Crippen molar-refractivity contribution in [2.24, 2.45) is 0 Å². The number of hydrogen-bond acceptors (Lipinski definition) is 3. The van der Waals surface area contributed by atoms with E-state index in [9.17, 15) is 4.79 Å². The Morgan fingerprint density at radius 1 is 1.70 bits per heavy atom. The molecule has 10 heavy (non-hydrogen) atoms. The predicted octanol–water partition coefficient (Wildman–Crippen LogP) is 0.486. The predicted molar refractivity (Wildman–Crippen MR) is 37.5 cm³/mol. The van der Waals surface area contributed by atoms with Crippen LogP contribution < -0.4 is 0 Å². The van der Waals surface area contributed by atoms with Crippen molar-refractivity contribution in [3.63, 3.8) is 0 Å². The SMILES string of the molecule is C/C=C(\C)C(O)C(=O)OC. The summed E-state index contributed by atoms with van der Waals surface area (Å²) in [5.74, 6) is -0.615. The molecule has 1 atom stereocenters. The number of aliphatic hydroxyl groups is 1. The van der Waals surface area contributed by atoms with Crippen molar-refractivity contribution in [2.75, 3.05) is 7.11 Å². The van der Waals surface area contributed by atoms with Crippen molar-refractivity contribution in [2.45, 2.75) is 20.0 Å². The molecule has 0 bridgehead atoms. The van der Waals surface area contributed by atoms with Gasteiger partial charge in [-0.1, -0.05) is 6.08 Å². The smallest absolute Gasteiger partial charge is 0.339 e. The lowest BCUT2D eigenvalue weighted by molar-refractivity contribution is -0.148. The van der Waals surface area contributed by atoms with Crippen LogP contribution in [-0.2, 0) is 9.53 Å². The molecule has 3 nitrogen and oxygen atoms in total. The van der Waals surface area contributed by atoms with Gasteiger partial charge in [0.1, 0.15) is 0 Å². The summed E-state index contributed by atoms with van der Waals surface area (Å²) in [6, 6.07) is 0. The van der Waals surface area contributed by atoms with Crippen LogP contribution in [-0.4, -0.2) is 24.3 Å². The number of carbonyl (C=O) groups is 1. The van der Waals surface area contributed by atoms with Gasteiger partial charge in [0.2, 0.25) is 0 Å². The topological polar surface area (TPSA) is 46.5 Å². The molecule has 0 aliphatic heterocycles. The van der Waals surface area contributed by atoms with Crippen LogP contribution in [0.2, 0.25) is 0 Å². The molecule has 58 valence electrons. The molecule has 0 aromatic rings. The molecular weight excluding hydrogens is 132 g/mol. The molecule has 3 heteroatoms. The van der Waals surface area contributed by atoms with Gasteiger partial charge in [-0.2, -0.15) is 0 Å². The lowest BCUT2D eigenvalue weighted by Crippen LogP contribution is -2.22. The van der Waals surface area contributed by atoms with E-state index in [4.69, 9.17) is 5.11 Å². The van der Waals surface area contributed by atoms with E-state index in [2.05, 4.69) is 4.74 Å². The lowest BCUT2D eigenvalue weighted by atomic mass is 10.2. The van der Waals surface area contributed by atoms with Crippen LogP contribution in [0.3, 0.4) is 0 Å². The van der Waals surface area contributed by atoms with Crippen molar-refractivity contribution >= 4 is 5.97 Å². The van der Waals surface area contributed by atoms with E-state index in [-0.39, 0.29) is 0 Å². The maximum Gasteiger partial charge on any atom is 0.339 e. The zero-order valence-corrected chi connectivity index (χ0v) is 6.42. The summed E-state index contributed by atoms with van der Waals surface area (Å²) in [5.41, 5.74) is 0.604. The largest absolute Gasteiger partial charge is 0.467 e. The monoisotopic (exact) mass is 144 g/mol. The van der Waals surface area contributed by atoms with E-state index < -0.39 is 12.1 Å². The molecule has 0 aromatic carbocycles. The fourth-order valence-corrected chi connectivity index (χ4v) is 0.455. The summed E-state index contributed by atoms with van der Waals surface area (Å²) in [6.07, 6.45) is 0.566. The number of allylic oxidation sites excluding steroid dienone is 1. The van der Waals surface area contributed by atoms with Crippen LogP contribution in [0.5, 0.6) is 0 Å². The number of ether oxygens (including phenoxy) is 1. The normalized spacial score (nSPS) is 14.6. The maximum atomic E-state index is 10.6. The van der Waals surface area contributed by atoms with Gasteiger partial charge in [0.25, 0.3) is 0 Å². The van der Waals surface area contributed by atoms with E-state index >= 15 is 0 Å². The van der Waals surface area contributed by atoms with Gasteiger partial charge >= 0.3 is 5.97 Å². The second kappa shape index (κ2) is 4.06. The Labute approximate surface area is 60.3 Å². The van der Waals surface area contributed by atoms with Gasteiger partial charge in [-0.25, -0.2) is 4.79 Å². The van der Waals surface area contributed by atoms with Crippen molar-refractivity contribution in [3.05, 3.63) is 11.6 Å². The van der Waals surface area contributed by atoms with Gasteiger partial charge < -0.3 is 9.84 Å². The first kappa shape index (κ1) is 9.17. The molecule has 0 heterocycles. The van der Waals surface area contributed by atoms with Crippen LogP contribution in [0.4, 0.5) is 0 Å². The molecule has 0 rings (SSSR count). The molecule has 0 amide bonds. The molecular formula is C7H12O3. The highest BCUT2D eigenvalue weighted by Gasteiger charge is 2.15. The van der Waals surface area contributed by atoms with Crippen LogP contribution >= 0.6 is 0 Å². The van der Waals surface area contributed by atoms with Gasteiger partial charge in [0.15, 0.2) is 6.10 Å². The zero-order chi connectivity index (χ0) is 8.15. The summed E-state index contributed by atoms with van der Waals surface area (Å²) < 4.78 is 4.31. The van der Waals surface area contributed by atoms with E-state index in [1.54, 1.807) is 19.9 Å². The third-order valence-corrected chi connectivity index (χ3v) is 1.31. The Hall–Kier alpha value is -0.830. The van der Waals surface area contributed by atoms with E-state index in [1.807, 2.05) is 0 Å². The van der Waals surface area contributed by atoms with Crippen molar-refractivity contribution < 1.29 is 14.6 Å².